The number of anilines is 2. The van der Waals surface area contributed by atoms with Crippen molar-refractivity contribution in [3.05, 3.63) is 11.2 Å². The number of nitrogens with one attached hydrogen (secondary N) is 2. The highest BCUT2D eigenvalue weighted by Gasteiger charge is 2.03. The number of unbranched alkanes of at least 4 members (excludes halogenated alkanes) is 2. The number of hydrazine groups is 1. The molecule has 1 rings (SSSR count). The normalized spacial score (nSPS) is 10.3. The lowest BCUT2D eigenvalue weighted by Gasteiger charge is -2.08. The third kappa shape index (κ3) is 5.43. The first kappa shape index (κ1) is 14.3. The van der Waals surface area contributed by atoms with Gasteiger partial charge in [-0.2, -0.15) is 16.7 Å². The maximum atomic E-state index is 5.96. The topological polar surface area (TPSA) is 75.9 Å². The maximum absolute atomic E-state index is 5.96. The minimum absolute atomic E-state index is 0.360. The van der Waals surface area contributed by atoms with E-state index >= 15 is 0 Å². The number of nitrogen functional groups attached to an aromatic ring is 1. The van der Waals surface area contributed by atoms with Crippen molar-refractivity contribution in [2.75, 3.05) is 29.3 Å². The minimum atomic E-state index is 0.360. The van der Waals surface area contributed by atoms with E-state index < -0.39 is 0 Å². The van der Waals surface area contributed by atoms with Crippen molar-refractivity contribution >= 4 is 35.1 Å². The lowest BCUT2D eigenvalue weighted by Crippen LogP contribution is -2.12. The highest BCUT2D eigenvalue weighted by Crippen LogP contribution is 2.18. The molecule has 0 saturated carbocycles. The Hall–Kier alpha value is -0.720. The van der Waals surface area contributed by atoms with Crippen molar-refractivity contribution in [1.82, 2.24) is 9.97 Å². The van der Waals surface area contributed by atoms with Crippen molar-refractivity contribution < 1.29 is 0 Å². The smallest absolute Gasteiger partial charge is 0.239 e. The van der Waals surface area contributed by atoms with Crippen LogP contribution in [0.2, 0.25) is 5.02 Å². The van der Waals surface area contributed by atoms with Crippen LogP contribution in [-0.2, 0) is 0 Å². The van der Waals surface area contributed by atoms with E-state index in [0.717, 1.165) is 13.0 Å². The molecule has 4 N–H and O–H groups in total. The molecule has 7 heteroatoms. The highest BCUT2D eigenvalue weighted by molar-refractivity contribution is 7.98. The quantitative estimate of drug-likeness (QED) is 0.384. The third-order valence-corrected chi connectivity index (χ3v) is 3.16. The molecule has 0 aromatic carbocycles. The first-order valence-corrected chi connectivity index (χ1v) is 7.27. The van der Waals surface area contributed by atoms with Crippen LogP contribution in [-0.4, -0.2) is 28.5 Å². The summed E-state index contributed by atoms with van der Waals surface area (Å²) in [6, 6.07) is 0. The largest absolute Gasteiger partial charge is 0.369 e. The third-order valence-electron chi connectivity index (χ3n) is 2.19. The molecule has 0 saturated heterocycles. The molecule has 1 heterocycles. The van der Waals surface area contributed by atoms with Gasteiger partial charge >= 0.3 is 0 Å². The van der Waals surface area contributed by atoms with Crippen LogP contribution in [0.5, 0.6) is 0 Å². The van der Waals surface area contributed by atoms with Crippen LogP contribution in [0.1, 0.15) is 19.3 Å². The minimum Gasteiger partial charge on any atom is -0.369 e. The van der Waals surface area contributed by atoms with Crippen LogP contribution in [0.15, 0.2) is 6.20 Å². The number of thioether (sulfide) groups is 1. The average Bonchev–Trinajstić information content (AvgIpc) is 2.35. The molecule has 0 aliphatic rings. The molecule has 0 radical (unpaired) electrons. The Balaban J connectivity index is 2.30. The van der Waals surface area contributed by atoms with E-state index in [9.17, 15) is 0 Å². The molecular weight excluding hydrogens is 258 g/mol. The van der Waals surface area contributed by atoms with Gasteiger partial charge in [-0.15, -0.1) is 0 Å². The molecule has 96 valence electrons. The summed E-state index contributed by atoms with van der Waals surface area (Å²) in [5.74, 6) is 7.43. The Labute approximate surface area is 111 Å². The molecule has 17 heavy (non-hydrogen) atoms. The molecule has 0 bridgehead atoms. The summed E-state index contributed by atoms with van der Waals surface area (Å²) >= 11 is 7.84. The summed E-state index contributed by atoms with van der Waals surface area (Å²) in [5.41, 5.74) is 2.39. The van der Waals surface area contributed by atoms with Crippen molar-refractivity contribution in [2.24, 2.45) is 5.84 Å². The predicted octanol–water partition coefficient (Wildman–Crippen LogP) is 2.36. The summed E-state index contributed by atoms with van der Waals surface area (Å²) in [4.78, 5) is 8.03. The van der Waals surface area contributed by atoms with E-state index in [0.29, 0.717) is 16.8 Å². The molecule has 1 aromatic rings. The van der Waals surface area contributed by atoms with Crippen LogP contribution < -0.4 is 16.6 Å². The number of nitrogens with zero attached hydrogens (tertiary/aromatic N) is 2. The fourth-order valence-corrected chi connectivity index (χ4v) is 1.97. The summed E-state index contributed by atoms with van der Waals surface area (Å²) < 4.78 is 0. The van der Waals surface area contributed by atoms with Gasteiger partial charge in [0.1, 0.15) is 5.02 Å². The van der Waals surface area contributed by atoms with Gasteiger partial charge in [0.15, 0.2) is 5.82 Å². The number of halogens is 1. The highest BCUT2D eigenvalue weighted by atomic mass is 35.5. The van der Waals surface area contributed by atoms with E-state index in [2.05, 4.69) is 27.0 Å². The Morgan fingerprint density at radius 3 is 2.94 bits per heavy atom. The maximum Gasteiger partial charge on any atom is 0.239 e. The van der Waals surface area contributed by atoms with E-state index in [1.54, 1.807) is 0 Å². The Morgan fingerprint density at radius 2 is 2.24 bits per heavy atom. The molecule has 0 fully saturated rings. The number of rotatable bonds is 8. The van der Waals surface area contributed by atoms with E-state index in [1.165, 1.54) is 24.8 Å². The molecule has 0 aliphatic carbocycles. The van der Waals surface area contributed by atoms with E-state index in [1.807, 2.05) is 11.8 Å². The Bertz CT molecular complexity index is 336. The summed E-state index contributed by atoms with van der Waals surface area (Å²) in [5, 5.41) is 3.69. The van der Waals surface area contributed by atoms with Gasteiger partial charge in [0.2, 0.25) is 5.95 Å². The molecule has 0 amide bonds. The fourth-order valence-electron chi connectivity index (χ4n) is 1.32. The summed E-state index contributed by atoms with van der Waals surface area (Å²) in [7, 11) is 0. The standard InChI is InChI=1S/C10H18ClN5S/c1-17-6-4-2-3-5-13-9-8(11)7-14-10(15-9)16-12/h7H,2-6,12H2,1H3,(H2,13,14,15,16). The van der Waals surface area contributed by atoms with Gasteiger partial charge in [-0.25, -0.2) is 10.8 Å². The lowest BCUT2D eigenvalue weighted by atomic mass is 10.2. The number of aromatic nitrogens is 2. The summed E-state index contributed by atoms with van der Waals surface area (Å²) in [6.45, 7) is 0.856. The van der Waals surface area contributed by atoms with Crippen LogP contribution in [0.4, 0.5) is 11.8 Å². The van der Waals surface area contributed by atoms with Crippen molar-refractivity contribution in [1.29, 1.82) is 0 Å². The molecule has 5 nitrogen and oxygen atoms in total. The number of hydrogen-bond donors (Lipinski definition) is 3. The zero-order valence-corrected chi connectivity index (χ0v) is 11.4. The second kappa shape index (κ2) is 8.38. The second-order valence-electron chi connectivity index (χ2n) is 3.51. The Kier molecular flexibility index (Phi) is 7.07. The van der Waals surface area contributed by atoms with Crippen LogP contribution in [0, 0.1) is 0 Å². The first-order valence-electron chi connectivity index (χ1n) is 5.50. The van der Waals surface area contributed by atoms with Crippen LogP contribution in [0.25, 0.3) is 0 Å². The number of nitrogens with two attached hydrogens (primary N) is 1. The molecule has 0 unspecified atom stereocenters. The molecule has 0 atom stereocenters. The number of hydrogen-bond acceptors (Lipinski definition) is 6. The van der Waals surface area contributed by atoms with Gasteiger partial charge in [-0.05, 0) is 24.9 Å². The predicted molar refractivity (Wildman–Crippen MR) is 75.6 cm³/mol. The second-order valence-corrected chi connectivity index (χ2v) is 4.91. The fraction of sp³-hybridized carbons (Fsp3) is 0.600. The zero-order valence-electron chi connectivity index (χ0n) is 9.87. The van der Waals surface area contributed by atoms with Crippen molar-refractivity contribution in [2.45, 2.75) is 19.3 Å². The van der Waals surface area contributed by atoms with Crippen molar-refractivity contribution in [3.8, 4) is 0 Å². The monoisotopic (exact) mass is 275 g/mol. The van der Waals surface area contributed by atoms with Gasteiger partial charge in [-0.3, -0.25) is 5.43 Å². The van der Waals surface area contributed by atoms with Gasteiger partial charge in [-0.1, -0.05) is 18.0 Å². The van der Waals surface area contributed by atoms with Gasteiger partial charge in [0, 0.05) is 6.54 Å². The van der Waals surface area contributed by atoms with Gasteiger partial charge in [0.05, 0.1) is 6.20 Å². The Morgan fingerprint density at radius 1 is 1.41 bits per heavy atom. The SMILES string of the molecule is CSCCCCCNc1nc(NN)ncc1Cl. The van der Waals surface area contributed by atoms with Gasteiger partial charge < -0.3 is 5.32 Å². The average molecular weight is 276 g/mol. The van der Waals surface area contributed by atoms with Crippen molar-refractivity contribution in [3.63, 3.8) is 0 Å². The van der Waals surface area contributed by atoms with E-state index in [4.69, 9.17) is 17.4 Å². The van der Waals surface area contributed by atoms with E-state index in [-0.39, 0.29) is 0 Å². The molecule has 0 spiro atoms. The summed E-state index contributed by atoms with van der Waals surface area (Å²) in [6.07, 6.45) is 7.21. The molecule has 1 aromatic heterocycles. The van der Waals surface area contributed by atoms with Crippen LogP contribution in [0.3, 0.4) is 0 Å². The molecule has 0 aliphatic heterocycles. The molecular formula is C10H18ClN5S. The first-order chi connectivity index (χ1) is 8.27. The zero-order chi connectivity index (χ0) is 12.5. The lowest BCUT2D eigenvalue weighted by molar-refractivity contribution is 0.748. The van der Waals surface area contributed by atoms with Gasteiger partial charge in [0.25, 0.3) is 0 Å². The van der Waals surface area contributed by atoms with Crippen LogP contribution >= 0.6 is 23.4 Å².